The van der Waals surface area contributed by atoms with Crippen molar-refractivity contribution in [2.45, 2.75) is 200 Å². The standard InChI is InChI=1S/C37H70O4/c1-3-5-6-7-8-9-10-11-12-13-14-15-16-17-18-19-20-21-22-23-24-25-26-27-28-29-30-31-32-35(34-36(38)39)37(40)41-33-4-2/h19-20,35H,3-18,21-34H2,1-2H3,(H,38,39)/b20-19+. The smallest absolute Gasteiger partial charge is 0.309 e. The zero-order chi connectivity index (χ0) is 30.1. The van der Waals surface area contributed by atoms with Crippen molar-refractivity contribution in [3.8, 4) is 0 Å². The molecule has 0 spiro atoms. The van der Waals surface area contributed by atoms with E-state index in [1.807, 2.05) is 6.92 Å². The molecule has 0 rings (SSSR count). The number of hydrogen-bond acceptors (Lipinski definition) is 3. The van der Waals surface area contributed by atoms with Gasteiger partial charge in [-0.05, 0) is 38.5 Å². The van der Waals surface area contributed by atoms with Gasteiger partial charge in [-0.15, -0.1) is 0 Å². The first-order valence-electron chi connectivity index (χ1n) is 18.1. The summed E-state index contributed by atoms with van der Waals surface area (Å²) in [6, 6.07) is 0. The third-order valence-electron chi connectivity index (χ3n) is 8.27. The van der Waals surface area contributed by atoms with Gasteiger partial charge in [-0.2, -0.15) is 0 Å². The third kappa shape index (κ3) is 31.4. The second-order valence-corrected chi connectivity index (χ2v) is 12.4. The highest BCUT2D eigenvalue weighted by molar-refractivity contribution is 5.79. The molecule has 1 unspecified atom stereocenters. The van der Waals surface area contributed by atoms with E-state index < -0.39 is 11.9 Å². The lowest BCUT2D eigenvalue weighted by atomic mass is 9.97. The molecule has 1 atom stereocenters. The minimum atomic E-state index is -0.917. The molecule has 0 aromatic carbocycles. The summed E-state index contributed by atoms with van der Waals surface area (Å²) in [6.45, 7) is 4.62. The summed E-state index contributed by atoms with van der Waals surface area (Å²) in [5.41, 5.74) is 0. The van der Waals surface area contributed by atoms with E-state index in [2.05, 4.69) is 19.1 Å². The van der Waals surface area contributed by atoms with E-state index in [0.29, 0.717) is 13.0 Å². The number of ether oxygens (including phenoxy) is 1. The number of carbonyl (C=O) groups is 2. The summed E-state index contributed by atoms with van der Waals surface area (Å²) in [5.74, 6) is -1.74. The highest BCUT2D eigenvalue weighted by atomic mass is 16.5. The molecule has 0 aromatic heterocycles. The Morgan fingerprint density at radius 1 is 0.537 bits per heavy atom. The zero-order valence-electron chi connectivity index (χ0n) is 27.6. The van der Waals surface area contributed by atoms with E-state index >= 15 is 0 Å². The number of rotatable bonds is 33. The van der Waals surface area contributed by atoms with Gasteiger partial charge >= 0.3 is 11.9 Å². The molecule has 0 aromatic rings. The topological polar surface area (TPSA) is 63.6 Å². The number of unbranched alkanes of at least 4 members (excludes halogenated alkanes) is 24. The highest BCUT2D eigenvalue weighted by Crippen LogP contribution is 2.18. The number of aliphatic carboxylic acids is 1. The Morgan fingerprint density at radius 2 is 0.902 bits per heavy atom. The SMILES string of the molecule is CCCCCCCCCCCCCCCC/C=C/CCCCCCCCCCCCC(CC(=O)O)C(=O)OCCC. The monoisotopic (exact) mass is 579 g/mol. The summed E-state index contributed by atoms with van der Waals surface area (Å²) in [5, 5.41) is 9.05. The van der Waals surface area contributed by atoms with Gasteiger partial charge in [-0.3, -0.25) is 9.59 Å². The fraction of sp³-hybridized carbons (Fsp3) is 0.892. The first kappa shape index (κ1) is 39.7. The predicted octanol–water partition coefficient (Wildman–Crippen LogP) is 12.1. The zero-order valence-corrected chi connectivity index (χ0v) is 27.6. The Bertz CT molecular complexity index is 585. The first-order chi connectivity index (χ1) is 20.1. The third-order valence-corrected chi connectivity index (χ3v) is 8.27. The van der Waals surface area contributed by atoms with Crippen molar-refractivity contribution in [2.75, 3.05) is 6.61 Å². The quantitative estimate of drug-likeness (QED) is 0.0478. The van der Waals surface area contributed by atoms with E-state index in [4.69, 9.17) is 9.84 Å². The van der Waals surface area contributed by atoms with Crippen LogP contribution < -0.4 is 0 Å². The molecule has 0 amide bonds. The van der Waals surface area contributed by atoms with Crippen LogP contribution in [0.25, 0.3) is 0 Å². The lowest BCUT2D eigenvalue weighted by Gasteiger charge is -2.13. The van der Waals surface area contributed by atoms with Gasteiger partial charge < -0.3 is 9.84 Å². The Kier molecular flexibility index (Phi) is 32.1. The highest BCUT2D eigenvalue weighted by Gasteiger charge is 2.22. The van der Waals surface area contributed by atoms with E-state index in [1.54, 1.807) is 0 Å². The summed E-state index contributed by atoms with van der Waals surface area (Å²) >= 11 is 0. The number of allylic oxidation sites excluding steroid dienone is 2. The summed E-state index contributed by atoms with van der Waals surface area (Å²) < 4.78 is 5.16. The number of carboxylic acids is 1. The van der Waals surface area contributed by atoms with Gasteiger partial charge in [-0.1, -0.05) is 167 Å². The van der Waals surface area contributed by atoms with Gasteiger partial charge in [0, 0.05) is 0 Å². The molecule has 4 nitrogen and oxygen atoms in total. The predicted molar refractivity (Wildman–Crippen MR) is 176 cm³/mol. The van der Waals surface area contributed by atoms with Gasteiger partial charge in [0.25, 0.3) is 0 Å². The van der Waals surface area contributed by atoms with Crippen molar-refractivity contribution in [3.05, 3.63) is 12.2 Å². The van der Waals surface area contributed by atoms with Crippen molar-refractivity contribution in [1.29, 1.82) is 0 Å². The van der Waals surface area contributed by atoms with E-state index in [9.17, 15) is 9.59 Å². The molecule has 0 saturated carbocycles. The fourth-order valence-corrected chi connectivity index (χ4v) is 5.59. The van der Waals surface area contributed by atoms with Crippen molar-refractivity contribution >= 4 is 11.9 Å². The van der Waals surface area contributed by atoms with E-state index in [1.165, 1.54) is 154 Å². The molecule has 1 N–H and O–H groups in total. The van der Waals surface area contributed by atoms with Gasteiger partial charge in [-0.25, -0.2) is 0 Å². The Morgan fingerprint density at radius 3 is 1.27 bits per heavy atom. The van der Waals surface area contributed by atoms with Crippen LogP contribution in [-0.4, -0.2) is 23.7 Å². The van der Waals surface area contributed by atoms with Crippen LogP contribution in [-0.2, 0) is 14.3 Å². The molecule has 0 aliphatic heterocycles. The van der Waals surface area contributed by atoms with Gasteiger partial charge in [0.1, 0.15) is 0 Å². The minimum absolute atomic E-state index is 0.113. The number of esters is 1. The van der Waals surface area contributed by atoms with Gasteiger partial charge in [0.2, 0.25) is 0 Å². The van der Waals surface area contributed by atoms with Crippen molar-refractivity contribution in [2.24, 2.45) is 5.92 Å². The lowest BCUT2D eigenvalue weighted by molar-refractivity contribution is -0.153. The van der Waals surface area contributed by atoms with Crippen LogP contribution in [0.5, 0.6) is 0 Å². The van der Waals surface area contributed by atoms with Crippen molar-refractivity contribution in [3.63, 3.8) is 0 Å². The first-order valence-corrected chi connectivity index (χ1v) is 18.1. The number of hydrogen-bond donors (Lipinski definition) is 1. The number of carboxylic acid groups (broad SMARTS) is 1. The second kappa shape index (κ2) is 33.2. The molecule has 0 aliphatic carbocycles. The average Bonchev–Trinajstić information content (AvgIpc) is 2.96. The molecular weight excluding hydrogens is 508 g/mol. The lowest BCUT2D eigenvalue weighted by Crippen LogP contribution is -2.21. The summed E-state index contributed by atoms with van der Waals surface area (Å²) in [7, 11) is 0. The van der Waals surface area contributed by atoms with Crippen LogP contribution in [0.15, 0.2) is 12.2 Å². The maximum Gasteiger partial charge on any atom is 0.309 e. The molecule has 0 saturated heterocycles. The van der Waals surface area contributed by atoms with Crippen molar-refractivity contribution < 1.29 is 19.4 Å². The van der Waals surface area contributed by atoms with Crippen LogP contribution in [0, 0.1) is 5.92 Å². The Balaban J connectivity index is 3.34. The Labute approximate surface area is 255 Å². The van der Waals surface area contributed by atoms with Crippen LogP contribution in [0.2, 0.25) is 0 Å². The largest absolute Gasteiger partial charge is 0.481 e. The van der Waals surface area contributed by atoms with Gasteiger partial charge in [0.05, 0.1) is 18.9 Å². The molecule has 0 bridgehead atoms. The molecular formula is C37H70O4. The minimum Gasteiger partial charge on any atom is -0.481 e. The van der Waals surface area contributed by atoms with Crippen molar-refractivity contribution in [1.82, 2.24) is 0 Å². The number of carbonyl (C=O) groups excluding carboxylic acids is 1. The molecule has 41 heavy (non-hydrogen) atoms. The summed E-state index contributed by atoms with van der Waals surface area (Å²) in [4.78, 5) is 23.1. The maximum atomic E-state index is 12.0. The van der Waals surface area contributed by atoms with Crippen LogP contribution in [0.1, 0.15) is 200 Å². The fourth-order valence-electron chi connectivity index (χ4n) is 5.59. The molecule has 0 fully saturated rings. The molecule has 4 heteroatoms. The van der Waals surface area contributed by atoms with E-state index in [0.717, 1.165) is 19.3 Å². The second-order valence-electron chi connectivity index (χ2n) is 12.4. The van der Waals surface area contributed by atoms with Crippen LogP contribution in [0.3, 0.4) is 0 Å². The maximum absolute atomic E-state index is 12.0. The van der Waals surface area contributed by atoms with E-state index in [-0.39, 0.29) is 12.4 Å². The normalized spacial score (nSPS) is 12.2. The molecule has 0 heterocycles. The van der Waals surface area contributed by atoms with Crippen LogP contribution >= 0.6 is 0 Å². The average molecular weight is 579 g/mol. The molecule has 0 aliphatic rings. The Hall–Kier alpha value is -1.32. The molecule has 0 radical (unpaired) electrons. The van der Waals surface area contributed by atoms with Crippen LogP contribution in [0.4, 0.5) is 0 Å². The molecule has 242 valence electrons. The van der Waals surface area contributed by atoms with Gasteiger partial charge in [0.15, 0.2) is 0 Å². The summed E-state index contributed by atoms with van der Waals surface area (Å²) in [6.07, 6.45) is 41.0.